The first-order valence-electron chi connectivity index (χ1n) is 9.53. The van der Waals surface area contributed by atoms with Gasteiger partial charge in [0.25, 0.3) is 0 Å². The lowest BCUT2D eigenvalue weighted by atomic mass is 10.1. The monoisotopic (exact) mass is 438 g/mol. The van der Waals surface area contributed by atoms with Crippen molar-refractivity contribution in [3.63, 3.8) is 0 Å². The molecule has 0 fully saturated rings. The molecule has 0 bridgehead atoms. The summed E-state index contributed by atoms with van der Waals surface area (Å²) in [5.41, 5.74) is 0.516. The van der Waals surface area contributed by atoms with Gasteiger partial charge in [0.1, 0.15) is 12.1 Å². The summed E-state index contributed by atoms with van der Waals surface area (Å²) in [5.74, 6) is -3.72. The molecular formula is C19H26N4O8. The van der Waals surface area contributed by atoms with Crippen LogP contribution < -0.4 is 21.3 Å². The Balaban J connectivity index is 2.32. The fraction of sp³-hybridized carbons (Fsp3) is 0.421. The number of nitrogens with one attached hydrogen (secondary N) is 4. The molecule has 12 nitrogen and oxygen atoms in total. The van der Waals surface area contributed by atoms with Crippen molar-refractivity contribution in [2.24, 2.45) is 0 Å². The maximum atomic E-state index is 11.9. The van der Waals surface area contributed by atoms with E-state index in [1.54, 1.807) is 30.3 Å². The minimum Gasteiger partial charge on any atom is -0.481 e. The zero-order valence-corrected chi connectivity index (χ0v) is 16.7. The van der Waals surface area contributed by atoms with Gasteiger partial charge in [-0.2, -0.15) is 0 Å². The van der Waals surface area contributed by atoms with Gasteiger partial charge in [-0.25, -0.2) is 19.2 Å². The maximum Gasteiger partial charge on any atom is 0.326 e. The third kappa shape index (κ3) is 11.1. The zero-order valence-electron chi connectivity index (χ0n) is 16.7. The molecule has 0 aliphatic rings. The van der Waals surface area contributed by atoms with Crippen molar-refractivity contribution >= 4 is 35.7 Å². The van der Waals surface area contributed by atoms with Crippen LogP contribution in [0.1, 0.15) is 32.1 Å². The summed E-state index contributed by atoms with van der Waals surface area (Å²) in [5, 5.41) is 36.3. The highest BCUT2D eigenvalue weighted by molar-refractivity contribution is 5.92. The van der Waals surface area contributed by atoms with E-state index in [2.05, 4.69) is 21.3 Å². The molecule has 1 aromatic carbocycles. The van der Waals surface area contributed by atoms with Crippen LogP contribution in [0.4, 0.5) is 15.3 Å². The summed E-state index contributed by atoms with van der Waals surface area (Å²) in [6.45, 7) is 0.139. The van der Waals surface area contributed by atoms with E-state index < -0.39 is 48.5 Å². The van der Waals surface area contributed by atoms with E-state index in [9.17, 15) is 29.1 Å². The van der Waals surface area contributed by atoms with E-state index >= 15 is 0 Å². The van der Waals surface area contributed by atoms with Crippen molar-refractivity contribution in [1.29, 1.82) is 0 Å². The van der Waals surface area contributed by atoms with Crippen LogP contribution >= 0.6 is 0 Å². The smallest absolute Gasteiger partial charge is 0.326 e. The van der Waals surface area contributed by atoms with Crippen LogP contribution in [-0.4, -0.2) is 63.9 Å². The molecule has 2 unspecified atom stereocenters. The van der Waals surface area contributed by atoms with E-state index in [4.69, 9.17) is 10.2 Å². The molecule has 0 saturated carbocycles. The maximum absolute atomic E-state index is 11.9. The van der Waals surface area contributed by atoms with Gasteiger partial charge in [-0.15, -0.1) is 0 Å². The lowest BCUT2D eigenvalue weighted by molar-refractivity contribution is -0.141. The second kappa shape index (κ2) is 13.4. The van der Waals surface area contributed by atoms with E-state index in [0.717, 1.165) is 0 Å². The Hall–Kier alpha value is -3.83. The summed E-state index contributed by atoms with van der Waals surface area (Å²) < 4.78 is 0. The molecule has 0 aliphatic heterocycles. The van der Waals surface area contributed by atoms with Crippen molar-refractivity contribution in [3.8, 4) is 0 Å². The van der Waals surface area contributed by atoms with E-state index in [1.807, 2.05) is 0 Å². The van der Waals surface area contributed by atoms with Crippen LogP contribution in [-0.2, 0) is 14.4 Å². The highest BCUT2D eigenvalue weighted by Crippen LogP contribution is 2.06. The molecule has 1 aromatic rings. The predicted molar refractivity (Wildman–Crippen MR) is 109 cm³/mol. The second-order valence-electron chi connectivity index (χ2n) is 6.57. The number of para-hydroxylation sites is 1. The number of carbonyl (C=O) groups is 5. The third-order valence-electron chi connectivity index (χ3n) is 4.09. The lowest BCUT2D eigenvalue weighted by Gasteiger charge is -2.16. The Morgan fingerprint density at radius 3 is 1.94 bits per heavy atom. The Morgan fingerprint density at radius 1 is 0.774 bits per heavy atom. The summed E-state index contributed by atoms with van der Waals surface area (Å²) in [4.78, 5) is 56.6. The number of carboxylic acids is 3. The van der Waals surface area contributed by atoms with Crippen molar-refractivity contribution in [3.05, 3.63) is 30.3 Å². The Bertz CT molecular complexity index is 771. The standard InChI is InChI=1S/C19H26N4O8/c24-15(25)10-9-14(17(28)29)22-18(30)20-11-5-4-8-13(16(26)27)23-19(31)21-12-6-2-1-3-7-12/h1-3,6-7,13-14H,4-5,8-11H2,(H,24,25)(H,26,27)(H,28,29)(H2,20,22,30)(H2,21,23,31). The molecule has 2 atom stereocenters. The zero-order chi connectivity index (χ0) is 23.2. The van der Waals surface area contributed by atoms with Gasteiger partial charge in [-0.1, -0.05) is 18.2 Å². The number of unbranched alkanes of at least 4 members (excludes halogenated alkanes) is 1. The van der Waals surface area contributed by atoms with Crippen LogP contribution in [0, 0.1) is 0 Å². The molecule has 0 spiro atoms. The van der Waals surface area contributed by atoms with Crippen LogP contribution in [0.3, 0.4) is 0 Å². The molecule has 7 N–H and O–H groups in total. The number of hydrogen-bond donors (Lipinski definition) is 7. The Morgan fingerprint density at radius 2 is 1.35 bits per heavy atom. The number of carboxylic acid groups (broad SMARTS) is 3. The van der Waals surface area contributed by atoms with Gasteiger partial charge < -0.3 is 36.6 Å². The van der Waals surface area contributed by atoms with Crippen molar-refractivity contribution in [2.45, 2.75) is 44.2 Å². The van der Waals surface area contributed by atoms with Gasteiger partial charge in [-0.3, -0.25) is 4.79 Å². The van der Waals surface area contributed by atoms with Gasteiger partial charge in [-0.05, 0) is 37.8 Å². The predicted octanol–water partition coefficient (Wildman–Crippen LogP) is 1.05. The highest BCUT2D eigenvalue weighted by atomic mass is 16.4. The average Bonchev–Trinajstić information content (AvgIpc) is 2.70. The Labute approximate surface area is 178 Å². The fourth-order valence-electron chi connectivity index (χ4n) is 2.51. The lowest BCUT2D eigenvalue weighted by Crippen LogP contribution is -2.46. The van der Waals surface area contributed by atoms with Crippen LogP contribution in [0.5, 0.6) is 0 Å². The number of benzene rings is 1. The molecular weight excluding hydrogens is 412 g/mol. The summed E-state index contributed by atoms with van der Waals surface area (Å²) >= 11 is 0. The quantitative estimate of drug-likeness (QED) is 0.222. The molecule has 170 valence electrons. The number of aliphatic carboxylic acids is 3. The first kappa shape index (κ1) is 25.2. The first-order chi connectivity index (χ1) is 14.7. The topological polar surface area (TPSA) is 194 Å². The number of rotatable bonds is 13. The van der Waals surface area contributed by atoms with Gasteiger partial charge in [0.15, 0.2) is 0 Å². The molecule has 1 rings (SSSR count). The van der Waals surface area contributed by atoms with E-state index in [0.29, 0.717) is 18.5 Å². The summed E-state index contributed by atoms with van der Waals surface area (Å²) in [6, 6.07) is 4.65. The van der Waals surface area contributed by atoms with E-state index in [1.165, 1.54) is 0 Å². The average molecular weight is 438 g/mol. The van der Waals surface area contributed by atoms with Crippen molar-refractivity contribution in [2.75, 3.05) is 11.9 Å². The molecule has 0 radical (unpaired) electrons. The van der Waals surface area contributed by atoms with Crippen LogP contribution in [0.15, 0.2) is 30.3 Å². The minimum absolute atomic E-state index is 0.122. The molecule has 31 heavy (non-hydrogen) atoms. The SMILES string of the molecule is O=C(O)CCC(NC(=O)NCCCCC(NC(=O)Nc1ccccc1)C(=O)O)C(=O)O. The number of carbonyl (C=O) groups excluding carboxylic acids is 2. The van der Waals surface area contributed by atoms with Crippen LogP contribution in [0.2, 0.25) is 0 Å². The fourth-order valence-corrected chi connectivity index (χ4v) is 2.51. The first-order valence-corrected chi connectivity index (χ1v) is 9.53. The van der Waals surface area contributed by atoms with Crippen molar-refractivity contribution < 1.29 is 39.3 Å². The van der Waals surface area contributed by atoms with Crippen LogP contribution in [0.25, 0.3) is 0 Å². The molecule has 12 heteroatoms. The third-order valence-corrected chi connectivity index (χ3v) is 4.09. The van der Waals surface area contributed by atoms with Crippen molar-refractivity contribution in [1.82, 2.24) is 16.0 Å². The highest BCUT2D eigenvalue weighted by Gasteiger charge is 2.21. The Kier molecular flexibility index (Phi) is 10.9. The summed E-state index contributed by atoms with van der Waals surface area (Å²) in [7, 11) is 0. The normalized spacial score (nSPS) is 12.1. The number of urea groups is 2. The van der Waals surface area contributed by atoms with Gasteiger partial charge in [0, 0.05) is 18.7 Å². The molecule has 0 heterocycles. The molecule has 0 aliphatic carbocycles. The second-order valence-corrected chi connectivity index (χ2v) is 6.57. The molecule has 0 saturated heterocycles. The van der Waals surface area contributed by atoms with Gasteiger partial charge >= 0.3 is 30.0 Å². The molecule has 4 amide bonds. The van der Waals surface area contributed by atoms with Gasteiger partial charge in [0.2, 0.25) is 0 Å². The number of anilines is 1. The number of hydrogen-bond acceptors (Lipinski definition) is 5. The van der Waals surface area contributed by atoms with Gasteiger partial charge in [0.05, 0.1) is 0 Å². The molecule has 0 aromatic heterocycles. The minimum atomic E-state index is -1.35. The largest absolute Gasteiger partial charge is 0.481 e. The summed E-state index contributed by atoms with van der Waals surface area (Å²) in [6.07, 6.45) is 0.210. The van der Waals surface area contributed by atoms with E-state index in [-0.39, 0.29) is 19.4 Å². The number of amides is 4.